The van der Waals surface area contributed by atoms with E-state index in [-0.39, 0.29) is 12.1 Å². The molecule has 2 aromatic rings. The Bertz CT molecular complexity index is 792. The Morgan fingerprint density at radius 3 is 2.31 bits per heavy atom. The third kappa shape index (κ3) is 7.38. The zero-order valence-corrected chi connectivity index (χ0v) is 17.8. The third-order valence-corrected chi connectivity index (χ3v) is 5.31. The first-order chi connectivity index (χ1) is 14.2. The Kier molecular flexibility index (Phi) is 10.00. The van der Waals surface area contributed by atoms with Gasteiger partial charge in [0.2, 0.25) is 0 Å². The van der Waals surface area contributed by atoms with Gasteiger partial charge < -0.3 is 4.74 Å². The highest BCUT2D eigenvalue weighted by atomic mass is 16.5. The van der Waals surface area contributed by atoms with Gasteiger partial charge in [-0.25, -0.2) is 4.79 Å². The zero-order valence-electron chi connectivity index (χ0n) is 17.8. The third-order valence-electron chi connectivity index (χ3n) is 5.31. The summed E-state index contributed by atoms with van der Waals surface area (Å²) in [7, 11) is 0. The van der Waals surface area contributed by atoms with E-state index in [4.69, 9.17) is 4.74 Å². The Morgan fingerprint density at radius 2 is 1.66 bits per heavy atom. The largest absolute Gasteiger partial charge is 0.454 e. The van der Waals surface area contributed by atoms with Gasteiger partial charge in [-0.2, -0.15) is 5.26 Å². The fraction of sp³-hybridized carbons (Fsp3) is 0.462. The van der Waals surface area contributed by atoms with Crippen LogP contribution in [0.4, 0.5) is 0 Å². The summed E-state index contributed by atoms with van der Waals surface area (Å²) in [5.74, 6) is -0.375. The first-order valence-corrected chi connectivity index (χ1v) is 11.0. The number of ether oxygens (including phenoxy) is 1. The van der Waals surface area contributed by atoms with Gasteiger partial charge in [0.05, 0.1) is 17.2 Å². The van der Waals surface area contributed by atoms with Crippen LogP contribution in [0.1, 0.15) is 98.4 Å². The average molecular weight is 392 g/mol. The minimum absolute atomic E-state index is 0.276. The molecule has 0 heterocycles. The molecule has 0 N–H and O–H groups in total. The van der Waals surface area contributed by atoms with Gasteiger partial charge in [-0.3, -0.25) is 0 Å². The van der Waals surface area contributed by atoms with Gasteiger partial charge in [-0.1, -0.05) is 88.8 Å². The molecule has 2 rings (SSSR count). The number of carbonyl (C=O) groups excluding carboxylic acids is 1. The van der Waals surface area contributed by atoms with Crippen molar-refractivity contribution in [1.82, 2.24) is 0 Å². The Hall–Kier alpha value is -2.60. The average Bonchev–Trinajstić information content (AvgIpc) is 2.77. The monoisotopic (exact) mass is 391 g/mol. The number of esters is 1. The van der Waals surface area contributed by atoms with Gasteiger partial charge in [0.15, 0.2) is 0 Å². The summed E-state index contributed by atoms with van der Waals surface area (Å²) in [5, 5.41) is 9.53. The van der Waals surface area contributed by atoms with Crippen LogP contribution in [0.15, 0.2) is 48.5 Å². The van der Waals surface area contributed by atoms with Crippen molar-refractivity contribution in [3.05, 3.63) is 70.8 Å². The molecule has 2 aromatic carbocycles. The molecule has 154 valence electrons. The van der Waals surface area contributed by atoms with Crippen LogP contribution in [0.5, 0.6) is 0 Å². The first kappa shape index (κ1) is 22.7. The van der Waals surface area contributed by atoms with Crippen LogP contribution in [-0.4, -0.2) is 5.97 Å². The molecule has 0 saturated heterocycles. The molecule has 0 amide bonds. The van der Waals surface area contributed by atoms with Crippen LogP contribution in [0, 0.1) is 11.3 Å². The van der Waals surface area contributed by atoms with Crippen LogP contribution >= 0.6 is 0 Å². The van der Waals surface area contributed by atoms with Crippen LogP contribution in [0.2, 0.25) is 0 Å². The van der Waals surface area contributed by atoms with E-state index in [2.05, 4.69) is 13.0 Å². The number of rotatable bonds is 12. The lowest BCUT2D eigenvalue weighted by Crippen LogP contribution is -2.11. The quantitative estimate of drug-likeness (QED) is 0.285. The maximum absolute atomic E-state index is 12.6. The SMILES string of the molecule is CCCCCCCCCc1ccc(C(=O)OC(CC)c2ccccc2)cc1C#N. The molecule has 1 atom stereocenters. The highest BCUT2D eigenvalue weighted by molar-refractivity contribution is 5.90. The summed E-state index contributed by atoms with van der Waals surface area (Å²) >= 11 is 0. The topological polar surface area (TPSA) is 50.1 Å². The van der Waals surface area contributed by atoms with E-state index in [1.807, 2.05) is 43.3 Å². The van der Waals surface area contributed by atoms with Crippen molar-refractivity contribution in [2.45, 2.75) is 77.7 Å². The number of nitrogens with zero attached hydrogens (tertiary/aromatic N) is 1. The lowest BCUT2D eigenvalue weighted by molar-refractivity contribution is 0.0288. The standard InChI is InChI=1S/C26H33NO2/c1-3-5-6-7-8-9-11-14-21-17-18-23(19-24(21)20-27)26(28)29-25(4-2)22-15-12-10-13-16-22/h10,12-13,15-19,25H,3-9,11,14H2,1-2H3. The minimum Gasteiger partial charge on any atom is -0.454 e. The van der Waals surface area contributed by atoms with Gasteiger partial charge in [0.1, 0.15) is 6.10 Å². The molecule has 1 unspecified atom stereocenters. The van der Waals surface area contributed by atoms with Crippen LogP contribution in [0.25, 0.3) is 0 Å². The summed E-state index contributed by atoms with van der Waals surface area (Å²) in [6.45, 7) is 4.23. The van der Waals surface area contributed by atoms with Crippen molar-refractivity contribution >= 4 is 5.97 Å². The van der Waals surface area contributed by atoms with Gasteiger partial charge in [0, 0.05) is 0 Å². The number of benzene rings is 2. The molecule has 0 fully saturated rings. The van der Waals surface area contributed by atoms with Gasteiger partial charge in [-0.15, -0.1) is 0 Å². The van der Waals surface area contributed by atoms with Crippen molar-refractivity contribution in [3.8, 4) is 6.07 Å². The van der Waals surface area contributed by atoms with E-state index >= 15 is 0 Å². The normalized spacial score (nSPS) is 11.6. The summed E-state index contributed by atoms with van der Waals surface area (Å²) in [4.78, 5) is 12.6. The molecule has 0 aliphatic rings. The first-order valence-electron chi connectivity index (χ1n) is 11.0. The summed E-state index contributed by atoms with van der Waals surface area (Å²) < 4.78 is 5.71. The number of unbranched alkanes of at least 4 members (excludes halogenated alkanes) is 6. The smallest absolute Gasteiger partial charge is 0.338 e. The van der Waals surface area contributed by atoms with E-state index in [0.29, 0.717) is 17.5 Å². The van der Waals surface area contributed by atoms with Crippen molar-refractivity contribution < 1.29 is 9.53 Å². The summed E-state index contributed by atoms with van der Waals surface area (Å²) in [5.41, 5.74) is 3.03. The highest BCUT2D eigenvalue weighted by Crippen LogP contribution is 2.23. The molecule has 29 heavy (non-hydrogen) atoms. The number of nitriles is 1. The molecular formula is C26H33NO2. The molecule has 0 aliphatic heterocycles. The van der Waals surface area contributed by atoms with E-state index in [9.17, 15) is 10.1 Å². The maximum atomic E-state index is 12.6. The van der Waals surface area contributed by atoms with Crippen LogP contribution in [0.3, 0.4) is 0 Å². The molecule has 0 saturated carbocycles. The van der Waals surface area contributed by atoms with Crippen LogP contribution in [-0.2, 0) is 11.2 Å². The highest BCUT2D eigenvalue weighted by Gasteiger charge is 2.17. The molecule has 0 bridgehead atoms. The Balaban J connectivity index is 1.93. The van der Waals surface area contributed by atoms with Crippen molar-refractivity contribution in [1.29, 1.82) is 5.26 Å². The molecule has 3 nitrogen and oxygen atoms in total. The van der Waals surface area contributed by atoms with Crippen molar-refractivity contribution in [3.63, 3.8) is 0 Å². The second kappa shape index (κ2) is 12.8. The lowest BCUT2D eigenvalue weighted by Gasteiger charge is -2.17. The Morgan fingerprint density at radius 1 is 0.966 bits per heavy atom. The van der Waals surface area contributed by atoms with E-state index < -0.39 is 0 Å². The number of hydrogen-bond donors (Lipinski definition) is 0. The predicted octanol–water partition coefficient (Wildman–Crippen LogP) is 7.16. The van der Waals surface area contributed by atoms with Gasteiger partial charge >= 0.3 is 5.97 Å². The summed E-state index contributed by atoms with van der Waals surface area (Å²) in [6, 6.07) is 17.4. The van der Waals surface area contributed by atoms with Gasteiger partial charge in [-0.05, 0) is 42.5 Å². The fourth-order valence-corrected chi connectivity index (χ4v) is 3.55. The van der Waals surface area contributed by atoms with Crippen LogP contribution < -0.4 is 0 Å². The fourth-order valence-electron chi connectivity index (χ4n) is 3.55. The molecule has 0 radical (unpaired) electrons. The maximum Gasteiger partial charge on any atom is 0.338 e. The molecular weight excluding hydrogens is 358 g/mol. The van der Waals surface area contributed by atoms with E-state index in [1.165, 1.54) is 38.5 Å². The predicted molar refractivity (Wildman–Crippen MR) is 118 cm³/mol. The number of aryl methyl sites for hydroxylation is 1. The molecule has 0 spiro atoms. The zero-order chi connectivity index (χ0) is 20.9. The molecule has 0 aromatic heterocycles. The number of carbonyl (C=O) groups is 1. The van der Waals surface area contributed by atoms with E-state index in [0.717, 1.165) is 24.0 Å². The lowest BCUT2D eigenvalue weighted by atomic mass is 9.98. The molecule has 0 aliphatic carbocycles. The minimum atomic E-state index is -0.375. The van der Waals surface area contributed by atoms with Gasteiger partial charge in [0.25, 0.3) is 0 Å². The second-order valence-corrected chi connectivity index (χ2v) is 7.57. The molecule has 3 heteroatoms. The summed E-state index contributed by atoms with van der Waals surface area (Å²) in [6.07, 6.45) is 10.0. The van der Waals surface area contributed by atoms with E-state index in [1.54, 1.807) is 12.1 Å². The second-order valence-electron chi connectivity index (χ2n) is 7.57. The van der Waals surface area contributed by atoms with Crippen molar-refractivity contribution in [2.24, 2.45) is 0 Å². The Labute approximate surface area is 175 Å². The van der Waals surface area contributed by atoms with Crippen molar-refractivity contribution in [2.75, 3.05) is 0 Å². The number of hydrogen-bond acceptors (Lipinski definition) is 3.